The van der Waals surface area contributed by atoms with Gasteiger partial charge in [-0.1, -0.05) is 0 Å². The highest BCUT2D eigenvalue weighted by molar-refractivity contribution is 5.25. The molecule has 0 atom stereocenters. The highest BCUT2D eigenvalue weighted by Crippen LogP contribution is 2.16. The van der Waals surface area contributed by atoms with Crippen molar-refractivity contribution in [2.45, 2.75) is 12.8 Å². The summed E-state index contributed by atoms with van der Waals surface area (Å²) in [6.45, 7) is 3.51. The minimum Gasteiger partial charge on any atom is -0.355 e. The monoisotopic (exact) mass is 208 g/mol. The molecule has 2 rings (SSSR count). The molecule has 84 valence electrons. The maximum absolute atomic E-state index is 4.26. The van der Waals surface area contributed by atoms with Crippen LogP contribution in [-0.4, -0.2) is 41.1 Å². The third kappa shape index (κ3) is 2.72. The summed E-state index contributed by atoms with van der Waals surface area (Å²) in [6.07, 6.45) is 6.40. The fourth-order valence-electron chi connectivity index (χ4n) is 2.04. The van der Waals surface area contributed by atoms with Crippen LogP contribution in [0.15, 0.2) is 12.4 Å². The number of nitrogens with zero attached hydrogens (tertiary/aromatic N) is 3. The van der Waals surface area contributed by atoms with Gasteiger partial charge in [-0.15, -0.1) is 0 Å². The van der Waals surface area contributed by atoms with Gasteiger partial charge in [0.15, 0.2) is 0 Å². The molecule has 0 radical (unpaired) electrons. The van der Waals surface area contributed by atoms with Crippen molar-refractivity contribution >= 4 is 5.95 Å². The van der Waals surface area contributed by atoms with Gasteiger partial charge in [0, 0.05) is 26.0 Å². The summed E-state index contributed by atoms with van der Waals surface area (Å²) >= 11 is 0. The van der Waals surface area contributed by atoms with Gasteiger partial charge in [0.05, 0.1) is 0 Å². The van der Waals surface area contributed by atoms with Crippen LogP contribution in [0, 0.1) is 5.92 Å². The van der Waals surface area contributed by atoms with Crippen molar-refractivity contribution in [3.63, 3.8) is 0 Å². The fraction of sp³-hybridized carbons (Fsp3) is 0.727. The minimum absolute atomic E-state index is 0.804. The molecule has 15 heavy (non-hydrogen) atoms. The second-order valence-electron chi connectivity index (χ2n) is 4.49. The van der Waals surface area contributed by atoms with Gasteiger partial charge in [-0.2, -0.15) is 0 Å². The first kappa shape index (κ1) is 10.5. The predicted molar refractivity (Wildman–Crippen MR) is 61.9 cm³/mol. The number of rotatable bonds is 3. The fourth-order valence-corrected chi connectivity index (χ4v) is 2.04. The van der Waals surface area contributed by atoms with Gasteiger partial charge in [-0.05, 0) is 38.9 Å². The third-order valence-corrected chi connectivity index (χ3v) is 3.21. The van der Waals surface area contributed by atoms with E-state index in [1.54, 1.807) is 0 Å². The molecule has 1 saturated heterocycles. The molecule has 0 aliphatic carbocycles. The lowest BCUT2D eigenvalue weighted by atomic mass is 9.97. The average Bonchev–Trinajstić information content (AvgIpc) is 2.63. The van der Waals surface area contributed by atoms with Crippen molar-refractivity contribution in [2.24, 2.45) is 13.0 Å². The van der Waals surface area contributed by atoms with E-state index in [2.05, 4.69) is 22.2 Å². The van der Waals surface area contributed by atoms with Crippen molar-refractivity contribution in [1.82, 2.24) is 14.5 Å². The second kappa shape index (κ2) is 4.66. The van der Waals surface area contributed by atoms with Crippen molar-refractivity contribution in [2.75, 3.05) is 32.0 Å². The van der Waals surface area contributed by atoms with Crippen LogP contribution in [0.1, 0.15) is 12.8 Å². The van der Waals surface area contributed by atoms with Crippen LogP contribution in [-0.2, 0) is 7.05 Å². The van der Waals surface area contributed by atoms with Gasteiger partial charge in [0.25, 0.3) is 0 Å². The van der Waals surface area contributed by atoms with Gasteiger partial charge in [-0.25, -0.2) is 4.98 Å². The van der Waals surface area contributed by atoms with E-state index in [-0.39, 0.29) is 0 Å². The number of aromatic nitrogens is 2. The molecular formula is C11H20N4. The standard InChI is InChI=1S/C11H20N4/c1-14-6-3-10(4-7-14)9-13-11-12-5-8-15(11)2/h5,8,10H,3-4,6-7,9H2,1-2H3,(H,12,13). The molecule has 4 nitrogen and oxygen atoms in total. The first-order valence-corrected chi connectivity index (χ1v) is 5.65. The van der Waals surface area contributed by atoms with Crippen LogP contribution in [0.5, 0.6) is 0 Å². The predicted octanol–water partition coefficient (Wildman–Crippen LogP) is 1.17. The molecule has 0 spiro atoms. The minimum atomic E-state index is 0.804. The van der Waals surface area contributed by atoms with Crippen molar-refractivity contribution < 1.29 is 0 Å². The van der Waals surface area contributed by atoms with Gasteiger partial charge in [0.2, 0.25) is 5.95 Å². The Kier molecular flexibility index (Phi) is 3.26. The second-order valence-corrected chi connectivity index (χ2v) is 4.49. The number of likely N-dealkylation sites (tertiary alicyclic amines) is 1. The molecule has 1 aromatic rings. The lowest BCUT2D eigenvalue weighted by Crippen LogP contribution is -2.33. The van der Waals surface area contributed by atoms with E-state index in [1.165, 1.54) is 25.9 Å². The van der Waals surface area contributed by atoms with E-state index in [9.17, 15) is 0 Å². The molecule has 4 heteroatoms. The summed E-state index contributed by atoms with van der Waals surface area (Å²) in [4.78, 5) is 6.66. The molecule has 0 unspecified atom stereocenters. The summed E-state index contributed by atoms with van der Waals surface area (Å²) < 4.78 is 2.02. The van der Waals surface area contributed by atoms with E-state index >= 15 is 0 Å². The van der Waals surface area contributed by atoms with Crippen LogP contribution >= 0.6 is 0 Å². The Balaban J connectivity index is 1.77. The van der Waals surface area contributed by atoms with Crippen LogP contribution in [0.4, 0.5) is 5.95 Å². The third-order valence-electron chi connectivity index (χ3n) is 3.21. The number of anilines is 1. The first-order chi connectivity index (χ1) is 7.25. The molecule has 0 bridgehead atoms. The molecule has 1 aliphatic rings. The number of hydrogen-bond donors (Lipinski definition) is 1. The van der Waals surface area contributed by atoms with Gasteiger partial charge >= 0.3 is 0 Å². The average molecular weight is 208 g/mol. The SMILES string of the molecule is CN1CCC(CNc2nccn2C)CC1. The zero-order chi connectivity index (χ0) is 10.7. The summed E-state index contributed by atoms with van der Waals surface area (Å²) in [5.41, 5.74) is 0. The molecule has 0 amide bonds. The van der Waals surface area contributed by atoms with Crippen molar-refractivity contribution in [3.05, 3.63) is 12.4 Å². The van der Waals surface area contributed by atoms with E-state index in [0.29, 0.717) is 0 Å². The highest BCUT2D eigenvalue weighted by Gasteiger charge is 2.16. The van der Waals surface area contributed by atoms with Crippen molar-refractivity contribution in [1.29, 1.82) is 0 Å². The smallest absolute Gasteiger partial charge is 0.202 e. The Hall–Kier alpha value is -1.03. The molecule has 1 aliphatic heterocycles. The van der Waals surface area contributed by atoms with E-state index in [1.807, 2.05) is 24.0 Å². The van der Waals surface area contributed by atoms with Crippen LogP contribution < -0.4 is 5.32 Å². The Morgan fingerprint density at radius 1 is 1.40 bits per heavy atom. The molecule has 1 fully saturated rings. The Morgan fingerprint density at radius 2 is 2.13 bits per heavy atom. The van der Waals surface area contributed by atoms with Crippen LogP contribution in [0.25, 0.3) is 0 Å². The van der Waals surface area contributed by atoms with E-state index in [0.717, 1.165) is 18.4 Å². The zero-order valence-electron chi connectivity index (χ0n) is 9.61. The summed E-state index contributed by atoms with van der Waals surface area (Å²) in [5.74, 6) is 1.78. The molecule has 0 saturated carbocycles. The van der Waals surface area contributed by atoms with Gasteiger partial charge in [0.1, 0.15) is 0 Å². The largest absolute Gasteiger partial charge is 0.355 e. The Bertz CT molecular complexity index is 299. The lowest BCUT2D eigenvalue weighted by molar-refractivity contribution is 0.226. The summed E-state index contributed by atoms with van der Waals surface area (Å²) in [6, 6.07) is 0. The summed E-state index contributed by atoms with van der Waals surface area (Å²) in [7, 11) is 4.21. The maximum atomic E-state index is 4.26. The first-order valence-electron chi connectivity index (χ1n) is 5.65. The van der Waals surface area contributed by atoms with Gasteiger partial charge < -0.3 is 14.8 Å². The number of imidazole rings is 1. The topological polar surface area (TPSA) is 33.1 Å². The molecule has 0 aromatic carbocycles. The lowest BCUT2D eigenvalue weighted by Gasteiger charge is -2.29. The zero-order valence-corrected chi connectivity index (χ0v) is 9.61. The van der Waals surface area contributed by atoms with Gasteiger partial charge in [-0.3, -0.25) is 0 Å². The molecule has 2 heterocycles. The van der Waals surface area contributed by atoms with E-state index in [4.69, 9.17) is 0 Å². The number of aryl methyl sites for hydroxylation is 1. The Labute approximate surface area is 91.3 Å². The number of hydrogen-bond acceptors (Lipinski definition) is 3. The number of piperidine rings is 1. The molecular weight excluding hydrogens is 188 g/mol. The van der Waals surface area contributed by atoms with Crippen LogP contribution in [0.3, 0.4) is 0 Å². The van der Waals surface area contributed by atoms with E-state index < -0.39 is 0 Å². The van der Waals surface area contributed by atoms with Crippen LogP contribution in [0.2, 0.25) is 0 Å². The normalized spacial score (nSPS) is 19.3. The summed E-state index contributed by atoms with van der Waals surface area (Å²) in [5, 5.41) is 3.41. The molecule has 1 aromatic heterocycles. The quantitative estimate of drug-likeness (QED) is 0.809. The maximum Gasteiger partial charge on any atom is 0.202 e. The molecule has 1 N–H and O–H groups in total. The highest BCUT2D eigenvalue weighted by atomic mass is 15.2. The Morgan fingerprint density at radius 3 is 2.73 bits per heavy atom. The van der Waals surface area contributed by atoms with Crippen molar-refractivity contribution in [3.8, 4) is 0 Å². The number of nitrogens with one attached hydrogen (secondary N) is 1.